The van der Waals surface area contributed by atoms with Gasteiger partial charge in [0.05, 0.1) is 23.2 Å². The van der Waals surface area contributed by atoms with Gasteiger partial charge in [0, 0.05) is 10.9 Å². The summed E-state index contributed by atoms with van der Waals surface area (Å²) in [5.74, 6) is 1.52. The second-order valence-corrected chi connectivity index (χ2v) is 7.84. The van der Waals surface area contributed by atoms with Gasteiger partial charge in [0.15, 0.2) is 5.76 Å². The minimum Gasteiger partial charge on any atom is -0.490 e. The summed E-state index contributed by atoms with van der Waals surface area (Å²) < 4.78 is 13.3. The molecule has 0 aliphatic heterocycles. The number of hydrogen-bond acceptors (Lipinski definition) is 5. The number of hydrogen-bond donors (Lipinski definition) is 0. The number of rotatable bonds is 6. The minimum atomic E-state index is -0.271. The van der Waals surface area contributed by atoms with Gasteiger partial charge in [-0.15, -0.1) is 0 Å². The summed E-state index contributed by atoms with van der Waals surface area (Å²) in [6, 6.07) is 24.4. The first-order valence-corrected chi connectivity index (χ1v) is 10.9. The van der Waals surface area contributed by atoms with Crippen LogP contribution in [0.2, 0.25) is 0 Å². The summed E-state index contributed by atoms with van der Waals surface area (Å²) in [5.41, 5.74) is 1.81. The predicted octanol–water partition coefficient (Wildman–Crippen LogP) is 5.87. The minimum absolute atomic E-state index is 0.0655. The molecule has 5 rings (SSSR count). The largest absolute Gasteiger partial charge is 0.490 e. The van der Waals surface area contributed by atoms with Crippen molar-refractivity contribution in [3.05, 3.63) is 94.8 Å². The number of furan rings is 1. The number of nitrogens with zero attached hydrogens (tertiary/aromatic N) is 3. The zero-order valence-electron chi connectivity index (χ0n) is 18.4. The summed E-state index contributed by atoms with van der Waals surface area (Å²) >= 11 is 0. The van der Waals surface area contributed by atoms with Gasteiger partial charge in [-0.3, -0.25) is 4.79 Å². The molecule has 0 N–H and O–H groups in total. The van der Waals surface area contributed by atoms with Crippen LogP contribution in [0.5, 0.6) is 5.75 Å². The molecule has 3 aromatic carbocycles. The summed E-state index contributed by atoms with van der Waals surface area (Å²) in [5, 5.41) is 5.96. The van der Waals surface area contributed by atoms with Crippen molar-refractivity contribution in [2.24, 2.45) is 5.10 Å². The first-order valence-electron chi connectivity index (χ1n) is 10.9. The molecule has 33 heavy (non-hydrogen) atoms. The molecule has 0 aliphatic rings. The van der Waals surface area contributed by atoms with Crippen LogP contribution in [0.4, 0.5) is 0 Å². The molecule has 0 fully saturated rings. The fourth-order valence-electron chi connectivity index (χ4n) is 3.60. The van der Waals surface area contributed by atoms with E-state index in [1.54, 1.807) is 12.3 Å². The number of fused-ring (bicyclic) bond motifs is 2. The third-order valence-electron chi connectivity index (χ3n) is 5.53. The van der Waals surface area contributed by atoms with Crippen LogP contribution < -0.4 is 10.3 Å². The van der Waals surface area contributed by atoms with Gasteiger partial charge in [-0.2, -0.15) is 9.78 Å². The normalized spacial score (nSPS) is 12.5. The van der Waals surface area contributed by atoms with Crippen LogP contribution >= 0.6 is 0 Å². The quantitative estimate of drug-likeness (QED) is 0.312. The maximum Gasteiger partial charge on any atom is 0.282 e. The molecule has 6 nitrogen and oxygen atoms in total. The first kappa shape index (κ1) is 20.7. The van der Waals surface area contributed by atoms with Gasteiger partial charge >= 0.3 is 0 Å². The number of para-hydroxylation sites is 3. The highest BCUT2D eigenvalue weighted by atomic mass is 16.5. The van der Waals surface area contributed by atoms with Crippen molar-refractivity contribution in [1.29, 1.82) is 0 Å². The van der Waals surface area contributed by atoms with Crippen LogP contribution in [0.15, 0.2) is 93.2 Å². The van der Waals surface area contributed by atoms with Crippen LogP contribution in [0, 0.1) is 0 Å². The van der Waals surface area contributed by atoms with E-state index in [0.717, 1.165) is 23.0 Å². The Morgan fingerprint density at radius 2 is 1.82 bits per heavy atom. The average Bonchev–Trinajstić information content (AvgIpc) is 3.28. The number of ether oxygens (including phenoxy) is 1. The lowest BCUT2D eigenvalue weighted by Gasteiger charge is -2.14. The van der Waals surface area contributed by atoms with Crippen molar-refractivity contribution >= 4 is 28.1 Å². The molecule has 5 aromatic rings. The lowest BCUT2D eigenvalue weighted by Crippen LogP contribution is -2.20. The molecule has 0 amide bonds. The molecule has 0 spiro atoms. The molecule has 0 radical (unpaired) electrons. The van der Waals surface area contributed by atoms with E-state index < -0.39 is 0 Å². The maximum absolute atomic E-state index is 13.4. The van der Waals surface area contributed by atoms with Crippen LogP contribution in [-0.4, -0.2) is 22.0 Å². The summed E-state index contributed by atoms with van der Waals surface area (Å²) in [4.78, 5) is 18.1. The molecule has 6 heteroatoms. The molecule has 0 saturated heterocycles. The second kappa shape index (κ2) is 8.74. The van der Waals surface area contributed by atoms with Gasteiger partial charge in [0.25, 0.3) is 5.56 Å². The summed E-state index contributed by atoms with van der Waals surface area (Å²) in [7, 11) is 0. The monoisotopic (exact) mass is 437 g/mol. The zero-order valence-corrected chi connectivity index (χ0v) is 18.4. The van der Waals surface area contributed by atoms with E-state index in [0.29, 0.717) is 28.2 Å². The lowest BCUT2D eigenvalue weighted by molar-refractivity contribution is 0.217. The van der Waals surface area contributed by atoms with E-state index in [4.69, 9.17) is 14.1 Å². The van der Waals surface area contributed by atoms with Gasteiger partial charge < -0.3 is 9.15 Å². The number of benzene rings is 3. The highest BCUT2D eigenvalue weighted by molar-refractivity contribution is 5.85. The van der Waals surface area contributed by atoms with Crippen molar-refractivity contribution in [1.82, 2.24) is 9.66 Å². The van der Waals surface area contributed by atoms with Crippen molar-refractivity contribution in [3.63, 3.8) is 0 Å². The predicted molar refractivity (Wildman–Crippen MR) is 131 cm³/mol. The highest BCUT2D eigenvalue weighted by Crippen LogP contribution is 2.27. The maximum atomic E-state index is 13.4. The topological polar surface area (TPSA) is 69.6 Å². The second-order valence-electron chi connectivity index (χ2n) is 7.84. The fourth-order valence-corrected chi connectivity index (χ4v) is 3.60. The van der Waals surface area contributed by atoms with E-state index in [9.17, 15) is 4.79 Å². The first-order chi connectivity index (χ1) is 16.1. The van der Waals surface area contributed by atoms with Crippen molar-refractivity contribution in [2.75, 3.05) is 0 Å². The Kier molecular flexibility index (Phi) is 5.48. The fraction of sp³-hybridized carbons (Fsp3) is 0.148. The molecular weight excluding hydrogens is 414 g/mol. The Balaban J connectivity index is 1.67. The van der Waals surface area contributed by atoms with Gasteiger partial charge in [0.1, 0.15) is 11.3 Å². The zero-order chi connectivity index (χ0) is 22.8. The SMILES string of the molecule is CC[C@H](C)Oc1ccccc1C=Nn1c(-c2cc3ccccc3o2)nc2ccccc2c1=O. The third kappa shape index (κ3) is 4.03. The third-order valence-corrected chi connectivity index (χ3v) is 5.53. The van der Waals surface area contributed by atoms with Crippen LogP contribution in [0.3, 0.4) is 0 Å². The molecular formula is C27H23N3O3. The van der Waals surface area contributed by atoms with E-state index in [2.05, 4.69) is 12.0 Å². The Bertz CT molecular complexity index is 1500. The molecule has 0 aliphatic carbocycles. The van der Waals surface area contributed by atoms with Gasteiger partial charge in [0.2, 0.25) is 5.82 Å². The lowest BCUT2D eigenvalue weighted by atomic mass is 10.2. The van der Waals surface area contributed by atoms with Crippen molar-refractivity contribution < 1.29 is 9.15 Å². The van der Waals surface area contributed by atoms with Crippen LogP contribution in [0.25, 0.3) is 33.5 Å². The van der Waals surface area contributed by atoms with Gasteiger partial charge in [-0.25, -0.2) is 4.98 Å². The van der Waals surface area contributed by atoms with Crippen molar-refractivity contribution in [3.8, 4) is 17.3 Å². The molecule has 1 atom stereocenters. The van der Waals surface area contributed by atoms with Gasteiger partial charge in [-0.1, -0.05) is 49.4 Å². The molecule has 0 bridgehead atoms. The van der Waals surface area contributed by atoms with Crippen LogP contribution in [0.1, 0.15) is 25.8 Å². The Morgan fingerprint density at radius 3 is 2.67 bits per heavy atom. The summed E-state index contributed by atoms with van der Waals surface area (Å²) in [6.07, 6.45) is 2.58. The Labute approximate surface area is 190 Å². The van der Waals surface area contributed by atoms with E-state index in [1.165, 1.54) is 4.68 Å². The molecule has 0 saturated carbocycles. The Morgan fingerprint density at radius 1 is 1.06 bits per heavy atom. The smallest absolute Gasteiger partial charge is 0.282 e. The Hall–Kier alpha value is -4.19. The summed E-state index contributed by atoms with van der Waals surface area (Å²) in [6.45, 7) is 4.09. The van der Waals surface area contributed by atoms with E-state index in [1.807, 2.05) is 79.7 Å². The highest BCUT2D eigenvalue weighted by Gasteiger charge is 2.16. The molecule has 164 valence electrons. The van der Waals surface area contributed by atoms with Crippen LogP contribution in [-0.2, 0) is 0 Å². The molecule has 0 unspecified atom stereocenters. The molecule has 2 heterocycles. The van der Waals surface area contributed by atoms with E-state index >= 15 is 0 Å². The number of aromatic nitrogens is 2. The van der Waals surface area contributed by atoms with E-state index in [-0.39, 0.29) is 11.7 Å². The van der Waals surface area contributed by atoms with Gasteiger partial charge in [-0.05, 0) is 49.7 Å². The standard InChI is InChI=1S/C27H23N3O3/c1-3-18(2)32-24-15-9-5-11-20(24)17-28-30-26(25-16-19-10-4-8-14-23(19)33-25)29-22-13-7-6-12-21(22)27(30)31/h4-18H,3H2,1-2H3/t18-/m0/s1. The average molecular weight is 437 g/mol. The molecule has 2 aromatic heterocycles. The van der Waals surface area contributed by atoms with Crippen molar-refractivity contribution in [2.45, 2.75) is 26.4 Å².